The Morgan fingerprint density at radius 1 is 0.852 bits per heavy atom. The van der Waals surface area contributed by atoms with E-state index in [0.29, 0.717) is 29.0 Å². The van der Waals surface area contributed by atoms with E-state index in [2.05, 4.69) is 0 Å². The topological polar surface area (TPSA) is 33.0 Å². The molecular formula is C22H16F3NO. The minimum atomic E-state index is -4.46. The number of hydrogen-bond acceptors (Lipinski definition) is 2. The molecule has 2 nitrogen and oxygen atoms in total. The summed E-state index contributed by atoms with van der Waals surface area (Å²) >= 11 is 0. The highest BCUT2D eigenvalue weighted by molar-refractivity contribution is 5.74. The highest BCUT2D eigenvalue weighted by atomic mass is 19.4. The third-order valence-corrected chi connectivity index (χ3v) is 4.12. The molecule has 27 heavy (non-hydrogen) atoms. The van der Waals surface area contributed by atoms with Crippen LogP contribution in [0.25, 0.3) is 11.1 Å². The maximum absolute atomic E-state index is 13.2. The average Bonchev–Trinajstić information content (AvgIpc) is 2.67. The van der Waals surface area contributed by atoms with Gasteiger partial charge in [-0.05, 0) is 34.9 Å². The second-order valence-electron chi connectivity index (χ2n) is 5.98. The number of rotatable bonds is 5. The molecule has 0 saturated heterocycles. The number of para-hydroxylation sites is 1. The van der Waals surface area contributed by atoms with Gasteiger partial charge in [0.05, 0.1) is 18.1 Å². The fraction of sp³-hybridized carbons (Fsp3) is 0.136. The van der Waals surface area contributed by atoms with Gasteiger partial charge in [0.15, 0.2) is 0 Å². The third kappa shape index (κ3) is 4.48. The number of alkyl halides is 3. The lowest BCUT2D eigenvalue weighted by Crippen LogP contribution is -2.06. The van der Waals surface area contributed by atoms with Gasteiger partial charge in [-0.1, -0.05) is 54.6 Å². The van der Waals surface area contributed by atoms with Crippen LogP contribution in [0.3, 0.4) is 0 Å². The summed E-state index contributed by atoms with van der Waals surface area (Å²) in [4.78, 5) is 0. The van der Waals surface area contributed by atoms with Gasteiger partial charge in [-0.25, -0.2) is 0 Å². The molecule has 0 atom stereocenters. The normalized spacial score (nSPS) is 11.0. The van der Waals surface area contributed by atoms with Gasteiger partial charge in [0.1, 0.15) is 12.4 Å². The van der Waals surface area contributed by atoms with Crippen LogP contribution in [0.5, 0.6) is 5.75 Å². The molecule has 0 radical (unpaired) electrons. The number of nitrogens with zero attached hydrogens (tertiary/aromatic N) is 1. The van der Waals surface area contributed by atoms with Crippen molar-refractivity contribution in [2.24, 2.45) is 0 Å². The molecule has 0 saturated carbocycles. The quantitative estimate of drug-likeness (QED) is 0.553. The van der Waals surface area contributed by atoms with Crippen molar-refractivity contribution in [3.8, 4) is 22.9 Å². The molecule has 0 aromatic heterocycles. The molecule has 136 valence electrons. The molecule has 0 aliphatic heterocycles. The van der Waals surface area contributed by atoms with Crippen LogP contribution in [-0.2, 0) is 19.2 Å². The summed E-state index contributed by atoms with van der Waals surface area (Å²) in [6.45, 7) is 0.296. The molecule has 0 aliphatic rings. The Kier molecular flexibility index (Phi) is 5.46. The zero-order valence-corrected chi connectivity index (χ0v) is 14.3. The minimum Gasteiger partial charge on any atom is -0.488 e. The first-order valence-electron chi connectivity index (χ1n) is 8.32. The van der Waals surface area contributed by atoms with Gasteiger partial charge in [0.2, 0.25) is 0 Å². The first-order chi connectivity index (χ1) is 13.0. The van der Waals surface area contributed by atoms with Crippen LogP contribution < -0.4 is 4.74 Å². The molecule has 3 aromatic carbocycles. The first-order valence-corrected chi connectivity index (χ1v) is 8.32. The van der Waals surface area contributed by atoms with Crippen molar-refractivity contribution in [1.82, 2.24) is 0 Å². The van der Waals surface area contributed by atoms with E-state index >= 15 is 0 Å². The number of ether oxygens (including phenoxy) is 1. The van der Waals surface area contributed by atoms with Crippen molar-refractivity contribution in [3.05, 3.63) is 89.5 Å². The maximum Gasteiger partial charge on any atom is 0.416 e. The van der Waals surface area contributed by atoms with Crippen molar-refractivity contribution >= 4 is 0 Å². The van der Waals surface area contributed by atoms with Gasteiger partial charge in [-0.15, -0.1) is 0 Å². The van der Waals surface area contributed by atoms with Crippen LogP contribution in [-0.4, -0.2) is 0 Å². The lowest BCUT2D eigenvalue weighted by Gasteiger charge is -2.16. The Balaban J connectivity index is 2.01. The van der Waals surface area contributed by atoms with Crippen LogP contribution in [0.4, 0.5) is 13.2 Å². The van der Waals surface area contributed by atoms with E-state index in [-0.39, 0.29) is 6.42 Å². The molecule has 0 bridgehead atoms. The van der Waals surface area contributed by atoms with E-state index in [1.54, 1.807) is 24.3 Å². The lowest BCUT2D eigenvalue weighted by molar-refractivity contribution is -0.137. The van der Waals surface area contributed by atoms with Crippen LogP contribution in [0.15, 0.2) is 72.8 Å². The highest BCUT2D eigenvalue weighted by Crippen LogP contribution is 2.37. The van der Waals surface area contributed by atoms with E-state index in [9.17, 15) is 13.2 Å². The predicted molar refractivity (Wildman–Crippen MR) is 97.0 cm³/mol. The summed E-state index contributed by atoms with van der Waals surface area (Å²) in [5.41, 5.74) is 1.62. The summed E-state index contributed by atoms with van der Waals surface area (Å²) in [6, 6.07) is 21.9. The molecule has 0 spiro atoms. The van der Waals surface area contributed by atoms with Crippen LogP contribution >= 0.6 is 0 Å². The molecular weight excluding hydrogens is 351 g/mol. The van der Waals surface area contributed by atoms with E-state index in [0.717, 1.165) is 17.7 Å². The lowest BCUT2D eigenvalue weighted by atomic mass is 9.95. The Morgan fingerprint density at radius 2 is 1.56 bits per heavy atom. The minimum absolute atomic E-state index is 0.0144. The van der Waals surface area contributed by atoms with Crippen molar-refractivity contribution < 1.29 is 17.9 Å². The molecule has 0 heterocycles. The summed E-state index contributed by atoms with van der Waals surface area (Å²) < 4.78 is 45.4. The number of hydrogen-bond donors (Lipinski definition) is 0. The Labute approximate surface area is 155 Å². The van der Waals surface area contributed by atoms with Gasteiger partial charge in [0.25, 0.3) is 0 Å². The smallest absolute Gasteiger partial charge is 0.416 e. The third-order valence-electron chi connectivity index (χ3n) is 4.12. The second kappa shape index (κ2) is 7.96. The molecule has 0 amide bonds. The largest absolute Gasteiger partial charge is 0.488 e. The van der Waals surface area contributed by atoms with Crippen LogP contribution in [0, 0.1) is 11.3 Å². The van der Waals surface area contributed by atoms with Gasteiger partial charge < -0.3 is 4.74 Å². The molecule has 0 N–H and O–H groups in total. The summed E-state index contributed by atoms with van der Waals surface area (Å²) in [7, 11) is 0. The van der Waals surface area contributed by atoms with Crippen molar-refractivity contribution in [2.75, 3.05) is 0 Å². The van der Waals surface area contributed by atoms with Gasteiger partial charge in [-0.2, -0.15) is 18.4 Å². The maximum atomic E-state index is 13.2. The molecule has 0 unspecified atom stereocenters. The highest BCUT2D eigenvalue weighted by Gasteiger charge is 2.31. The molecule has 0 aliphatic carbocycles. The Morgan fingerprint density at radius 3 is 2.26 bits per heavy atom. The van der Waals surface area contributed by atoms with Crippen LogP contribution in [0.2, 0.25) is 0 Å². The molecule has 0 fully saturated rings. The fourth-order valence-corrected chi connectivity index (χ4v) is 2.79. The second-order valence-corrected chi connectivity index (χ2v) is 5.98. The summed E-state index contributed by atoms with van der Waals surface area (Å²) in [6.07, 6.45) is -4.44. The van der Waals surface area contributed by atoms with Crippen molar-refractivity contribution in [1.29, 1.82) is 5.26 Å². The number of benzene rings is 3. The zero-order valence-electron chi connectivity index (χ0n) is 14.3. The van der Waals surface area contributed by atoms with Crippen molar-refractivity contribution in [2.45, 2.75) is 19.2 Å². The Hall–Kier alpha value is -3.26. The van der Waals surface area contributed by atoms with Crippen LogP contribution in [0.1, 0.15) is 16.7 Å². The van der Waals surface area contributed by atoms with Gasteiger partial charge in [-0.3, -0.25) is 0 Å². The van der Waals surface area contributed by atoms with Crippen molar-refractivity contribution in [3.63, 3.8) is 0 Å². The van der Waals surface area contributed by atoms with Gasteiger partial charge >= 0.3 is 6.18 Å². The van der Waals surface area contributed by atoms with Gasteiger partial charge in [0, 0.05) is 5.56 Å². The SMILES string of the molecule is N#CCc1ccc(C(F)(F)F)cc1-c1ccccc1OCc1ccccc1. The zero-order chi connectivity index (χ0) is 19.3. The predicted octanol–water partition coefficient (Wildman–Crippen LogP) is 6.02. The van der Waals surface area contributed by atoms with E-state index < -0.39 is 11.7 Å². The van der Waals surface area contributed by atoms with E-state index in [1.165, 1.54) is 6.07 Å². The summed E-state index contributed by atoms with van der Waals surface area (Å²) in [5.74, 6) is 0.472. The molecule has 3 aromatic rings. The fourth-order valence-electron chi connectivity index (χ4n) is 2.79. The molecule has 5 heteroatoms. The first kappa shape index (κ1) is 18.5. The Bertz CT molecular complexity index is 959. The number of halogens is 3. The monoisotopic (exact) mass is 367 g/mol. The number of nitriles is 1. The van der Waals surface area contributed by atoms with E-state index in [4.69, 9.17) is 10.00 Å². The molecule has 3 rings (SSSR count). The average molecular weight is 367 g/mol. The standard InChI is InChI=1S/C22H16F3NO/c23-22(24,25)18-11-10-17(12-13-26)20(14-18)19-8-4-5-9-21(19)27-15-16-6-2-1-3-7-16/h1-11,14H,12,15H2. The van der Waals surface area contributed by atoms with E-state index in [1.807, 2.05) is 36.4 Å². The summed E-state index contributed by atoms with van der Waals surface area (Å²) in [5, 5.41) is 9.04.